The second-order valence-corrected chi connectivity index (χ2v) is 4.39. The predicted molar refractivity (Wildman–Crippen MR) is 55.0 cm³/mol. The molecule has 4 heteroatoms. The predicted octanol–water partition coefficient (Wildman–Crippen LogP) is 1.41. The van der Waals surface area contributed by atoms with E-state index in [9.17, 15) is 4.79 Å². The zero-order valence-corrected chi connectivity index (χ0v) is 9.55. The van der Waals surface area contributed by atoms with Gasteiger partial charge < -0.3 is 9.64 Å². The average Bonchev–Trinajstić information content (AvgIpc) is 2.13. The van der Waals surface area contributed by atoms with Crippen LogP contribution < -0.4 is 0 Å². The van der Waals surface area contributed by atoms with E-state index in [1.807, 2.05) is 4.90 Å². The van der Waals surface area contributed by atoms with Crippen molar-refractivity contribution < 1.29 is 9.53 Å². The third-order valence-corrected chi connectivity index (χ3v) is 3.09. The maximum atomic E-state index is 11.6. The maximum Gasteiger partial charge on any atom is 0.236 e. The first-order chi connectivity index (χ1) is 6.25. The Labute approximate surface area is 87.6 Å². The van der Waals surface area contributed by atoms with Crippen LogP contribution in [-0.4, -0.2) is 42.4 Å². The van der Waals surface area contributed by atoms with Gasteiger partial charge in [0.25, 0.3) is 0 Å². The number of halogens is 1. The quantitative estimate of drug-likeness (QED) is 0.557. The molecule has 1 amide bonds. The van der Waals surface area contributed by atoms with Crippen LogP contribution >= 0.6 is 15.9 Å². The lowest BCUT2D eigenvalue weighted by atomic mass is 10.1. The van der Waals surface area contributed by atoms with E-state index in [0.717, 1.165) is 39.0 Å². The van der Waals surface area contributed by atoms with Crippen LogP contribution in [0, 0.1) is 0 Å². The Morgan fingerprint density at radius 1 is 1.69 bits per heavy atom. The van der Waals surface area contributed by atoms with Gasteiger partial charge in [0.1, 0.15) is 0 Å². The van der Waals surface area contributed by atoms with E-state index in [4.69, 9.17) is 4.74 Å². The topological polar surface area (TPSA) is 29.5 Å². The molecule has 0 aromatic carbocycles. The van der Waals surface area contributed by atoms with Gasteiger partial charge in [-0.3, -0.25) is 4.79 Å². The lowest BCUT2D eigenvalue weighted by molar-refractivity contribution is -0.132. The number of nitrogens with zero attached hydrogens (tertiary/aromatic N) is 1. The lowest BCUT2D eigenvalue weighted by Crippen LogP contribution is -2.42. The number of rotatable bonds is 4. The largest absolute Gasteiger partial charge is 0.385 e. The number of alkyl halides is 1. The highest BCUT2D eigenvalue weighted by molar-refractivity contribution is 9.10. The third-order valence-electron chi connectivity index (χ3n) is 2.24. The summed E-state index contributed by atoms with van der Waals surface area (Å²) in [6.07, 6.45) is 3.01. The molecule has 1 rings (SSSR count). The van der Waals surface area contributed by atoms with Gasteiger partial charge in [-0.25, -0.2) is 0 Å². The van der Waals surface area contributed by atoms with Gasteiger partial charge in [-0.15, -0.1) is 0 Å². The van der Waals surface area contributed by atoms with E-state index >= 15 is 0 Å². The van der Waals surface area contributed by atoms with Crippen LogP contribution in [0.15, 0.2) is 0 Å². The van der Waals surface area contributed by atoms with Crippen molar-refractivity contribution in [2.45, 2.75) is 24.1 Å². The van der Waals surface area contributed by atoms with Crippen molar-refractivity contribution in [3.8, 4) is 0 Å². The number of piperidine rings is 1. The summed E-state index contributed by atoms with van der Waals surface area (Å²) < 4.78 is 4.95. The Kier molecular flexibility index (Phi) is 4.73. The first kappa shape index (κ1) is 11.0. The van der Waals surface area contributed by atoms with Crippen molar-refractivity contribution in [1.82, 2.24) is 4.90 Å². The fourth-order valence-corrected chi connectivity index (χ4v) is 2.13. The number of ether oxygens (including phenoxy) is 1. The van der Waals surface area contributed by atoms with Crippen LogP contribution in [0.3, 0.4) is 0 Å². The van der Waals surface area contributed by atoms with Crippen LogP contribution in [0.4, 0.5) is 0 Å². The Balaban J connectivity index is 2.27. The molecular formula is C9H16BrNO2. The van der Waals surface area contributed by atoms with Crippen LogP contribution in [0.25, 0.3) is 0 Å². The average molecular weight is 250 g/mol. The number of hydrogen-bond acceptors (Lipinski definition) is 2. The maximum absolute atomic E-state index is 11.6. The highest BCUT2D eigenvalue weighted by atomic mass is 79.9. The second-order valence-electron chi connectivity index (χ2n) is 3.28. The van der Waals surface area contributed by atoms with Crippen molar-refractivity contribution in [1.29, 1.82) is 0 Å². The molecule has 0 aromatic heterocycles. The summed E-state index contributed by atoms with van der Waals surface area (Å²) in [4.78, 5) is 13.5. The van der Waals surface area contributed by atoms with E-state index in [-0.39, 0.29) is 10.7 Å². The number of likely N-dealkylation sites (tertiary alicyclic amines) is 1. The van der Waals surface area contributed by atoms with E-state index in [2.05, 4.69) is 15.9 Å². The summed E-state index contributed by atoms with van der Waals surface area (Å²) in [6.45, 7) is 2.47. The molecule has 13 heavy (non-hydrogen) atoms. The van der Waals surface area contributed by atoms with Crippen LogP contribution in [0.1, 0.15) is 19.3 Å². The minimum atomic E-state index is 0.0452. The molecule has 0 N–H and O–H groups in total. The smallest absolute Gasteiger partial charge is 0.236 e. The van der Waals surface area contributed by atoms with Gasteiger partial charge in [0.05, 0.1) is 4.83 Å². The van der Waals surface area contributed by atoms with E-state index < -0.39 is 0 Å². The molecule has 1 atom stereocenters. The van der Waals surface area contributed by atoms with Crippen molar-refractivity contribution in [3.63, 3.8) is 0 Å². The molecule has 3 nitrogen and oxygen atoms in total. The monoisotopic (exact) mass is 249 g/mol. The zero-order valence-electron chi connectivity index (χ0n) is 7.96. The fraction of sp³-hybridized carbons (Fsp3) is 0.889. The van der Waals surface area contributed by atoms with Crippen LogP contribution in [-0.2, 0) is 9.53 Å². The van der Waals surface area contributed by atoms with Crippen molar-refractivity contribution >= 4 is 21.8 Å². The Morgan fingerprint density at radius 2 is 2.46 bits per heavy atom. The highest BCUT2D eigenvalue weighted by Gasteiger charge is 2.25. The van der Waals surface area contributed by atoms with Gasteiger partial charge in [-0.2, -0.15) is 0 Å². The van der Waals surface area contributed by atoms with E-state index in [1.165, 1.54) is 0 Å². The Hall–Kier alpha value is -0.0900. The minimum absolute atomic E-state index is 0.0452. The first-order valence-corrected chi connectivity index (χ1v) is 5.59. The minimum Gasteiger partial charge on any atom is -0.385 e. The summed E-state index contributed by atoms with van der Waals surface area (Å²) >= 11 is 3.38. The molecule has 0 aromatic rings. The summed E-state index contributed by atoms with van der Waals surface area (Å²) in [7, 11) is 1.69. The number of amides is 1. The van der Waals surface area contributed by atoms with Crippen molar-refractivity contribution in [2.75, 3.05) is 26.8 Å². The molecule has 0 aliphatic carbocycles. The Morgan fingerprint density at radius 3 is 3.15 bits per heavy atom. The molecule has 0 spiro atoms. The van der Waals surface area contributed by atoms with Gasteiger partial charge >= 0.3 is 0 Å². The van der Waals surface area contributed by atoms with Crippen molar-refractivity contribution in [2.24, 2.45) is 0 Å². The number of carbonyl (C=O) groups is 1. The summed E-state index contributed by atoms with van der Waals surface area (Å²) in [5, 5.41) is 0. The molecule has 1 unspecified atom stereocenters. The van der Waals surface area contributed by atoms with Gasteiger partial charge in [0.15, 0.2) is 0 Å². The number of carbonyl (C=O) groups excluding carboxylic acids is 1. The van der Waals surface area contributed by atoms with E-state index in [1.54, 1.807) is 7.11 Å². The second kappa shape index (κ2) is 5.60. The Bertz CT molecular complexity index is 175. The molecule has 1 saturated heterocycles. The molecule has 1 fully saturated rings. The molecule has 0 saturated carbocycles. The molecule has 0 bridgehead atoms. The van der Waals surface area contributed by atoms with Crippen molar-refractivity contribution in [3.05, 3.63) is 0 Å². The van der Waals surface area contributed by atoms with E-state index in [0.29, 0.717) is 0 Å². The fourth-order valence-electron chi connectivity index (χ4n) is 1.51. The highest BCUT2D eigenvalue weighted by Crippen LogP contribution is 2.18. The summed E-state index contributed by atoms with van der Waals surface area (Å²) in [5.41, 5.74) is 0. The molecule has 1 aliphatic heterocycles. The molecule has 1 heterocycles. The first-order valence-electron chi connectivity index (χ1n) is 4.67. The van der Waals surface area contributed by atoms with Gasteiger partial charge in [0.2, 0.25) is 5.91 Å². The number of methoxy groups -OCH3 is 1. The molecule has 76 valence electrons. The summed E-state index contributed by atoms with van der Waals surface area (Å²) in [5.74, 6) is 0.238. The zero-order chi connectivity index (χ0) is 9.68. The third kappa shape index (κ3) is 3.27. The molecule has 1 aliphatic rings. The van der Waals surface area contributed by atoms with Crippen LogP contribution in [0.5, 0.6) is 0 Å². The van der Waals surface area contributed by atoms with Gasteiger partial charge in [0, 0.05) is 26.8 Å². The van der Waals surface area contributed by atoms with Gasteiger partial charge in [-0.05, 0) is 19.3 Å². The molecule has 0 radical (unpaired) electrons. The summed E-state index contributed by atoms with van der Waals surface area (Å²) in [6, 6.07) is 0. The number of hydrogen-bond donors (Lipinski definition) is 0. The van der Waals surface area contributed by atoms with Gasteiger partial charge in [-0.1, -0.05) is 15.9 Å². The SMILES string of the molecule is COCCCN1CCCC(Br)C1=O. The van der Waals surface area contributed by atoms with Crippen LogP contribution in [0.2, 0.25) is 0 Å². The molecular weight excluding hydrogens is 234 g/mol. The normalized spacial score (nSPS) is 23.7. The standard InChI is InChI=1S/C9H16BrNO2/c1-13-7-3-6-11-5-2-4-8(10)9(11)12/h8H,2-7H2,1H3. The lowest BCUT2D eigenvalue weighted by Gasteiger charge is -2.29.